The molecule has 0 amide bonds. The fraction of sp³-hybridized carbons (Fsp3) is 0.647. The van der Waals surface area contributed by atoms with Gasteiger partial charge in [-0.1, -0.05) is 0 Å². The Hall–Kier alpha value is -1.60. The van der Waals surface area contributed by atoms with Crippen LogP contribution in [-0.4, -0.2) is 42.1 Å². The van der Waals surface area contributed by atoms with Gasteiger partial charge >= 0.3 is 0 Å². The first-order chi connectivity index (χ1) is 10.1. The van der Waals surface area contributed by atoms with Gasteiger partial charge in [-0.2, -0.15) is 5.26 Å². The van der Waals surface area contributed by atoms with E-state index >= 15 is 0 Å². The zero-order chi connectivity index (χ0) is 15.0. The van der Waals surface area contributed by atoms with Crippen molar-refractivity contribution in [2.24, 2.45) is 0 Å². The number of rotatable bonds is 1. The van der Waals surface area contributed by atoms with E-state index in [4.69, 9.17) is 4.98 Å². The number of nitriles is 1. The van der Waals surface area contributed by atoms with Gasteiger partial charge in [0.2, 0.25) is 0 Å². The van der Waals surface area contributed by atoms with E-state index in [0.717, 1.165) is 37.3 Å². The molecule has 21 heavy (non-hydrogen) atoms. The summed E-state index contributed by atoms with van der Waals surface area (Å²) in [5, 5.41) is 9.51. The van der Waals surface area contributed by atoms with Gasteiger partial charge in [-0.05, 0) is 58.2 Å². The second-order valence-corrected chi connectivity index (χ2v) is 6.55. The first-order valence-electron chi connectivity index (χ1n) is 8.00. The van der Waals surface area contributed by atoms with Crippen LogP contribution in [-0.2, 0) is 12.8 Å². The number of fused-ring (bicyclic) bond motifs is 1. The topological polar surface area (TPSA) is 43.2 Å². The third-order valence-corrected chi connectivity index (χ3v) is 5.06. The van der Waals surface area contributed by atoms with Gasteiger partial charge in [-0.25, -0.2) is 4.98 Å². The molecule has 1 fully saturated rings. The maximum atomic E-state index is 9.51. The van der Waals surface area contributed by atoms with Crippen LogP contribution in [0.4, 0.5) is 5.82 Å². The summed E-state index contributed by atoms with van der Waals surface area (Å²) in [5.74, 6) is 0.907. The summed E-state index contributed by atoms with van der Waals surface area (Å²) < 4.78 is 0. The van der Waals surface area contributed by atoms with E-state index in [2.05, 4.69) is 42.8 Å². The third kappa shape index (κ3) is 2.63. The summed E-state index contributed by atoms with van der Waals surface area (Å²) >= 11 is 0. The molecular formula is C17H24N4. The van der Waals surface area contributed by atoms with Gasteiger partial charge in [0, 0.05) is 30.9 Å². The molecule has 0 N–H and O–H groups in total. The molecule has 1 aromatic rings. The molecule has 0 spiro atoms. The molecular weight excluding hydrogens is 260 g/mol. The van der Waals surface area contributed by atoms with E-state index in [1.54, 1.807) is 0 Å². The van der Waals surface area contributed by atoms with Crippen LogP contribution in [0.25, 0.3) is 0 Å². The molecule has 3 rings (SSSR count). The highest BCUT2D eigenvalue weighted by molar-refractivity contribution is 5.57. The monoisotopic (exact) mass is 284 g/mol. The summed E-state index contributed by atoms with van der Waals surface area (Å²) in [6.07, 6.45) is 4.59. The normalized spacial score (nSPS) is 26.3. The zero-order valence-corrected chi connectivity index (χ0v) is 13.3. The SMILES string of the molecule is CC1CN(c2nc3c(cc2C#N)CCCC3)CC(C)N1C. The van der Waals surface area contributed by atoms with E-state index in [1.165, 1.54) is 24.1 Å². The minimum Gasteiger partial charge on any atom is -0.352 e. The number of pyridine rings is 1. The van der Waals surface area contributed by atoms with E-state index in [9.17, 15) is 5.26 Å². The molecule has 2 heterocycles. The van der Waals surface area contributed by atoms with Crippen LogP contribution in [0.15, 0.2) is 6.07 Å². The van der Waals surface area contributed by atoms with Gasteiger partial charge in [0.25, 0.3) is 0 Å². The minimum absolute atomic E-state index is 0.484. The van der Waals surface area contributed by atoms with Crippen molar-refractivity contribution in [1.29, 1.82) is 5.26 Å². The number of likely N-dealkylation sites (N-methyl/N-ethyl adjacent to an activating group) is 1. The van der Waals surface area contributed by atoms with Crippen molar-refractivity contribution in [3.05, 3.63) is 22.9 Å². The molecule has 0 bridgehead atoms. The molecule has 2 atom stereocenters. The quantitative estimate of drug-likeness (QED) is 0.794. The van der Waals surface area contributed by atoms with Gasteiger partial charge in [-0.15, -0.1) is 0 Å². The molecule has 1 saturated heterocycles. The standard InChI is InChI=1S/C17H24N4/c1-12-10-21(11-13(2)20(12)3)17-15(9-18)8-14-6-4-5-7-16(14)19-17/h8,12-13H,4-7,10-11H2,1-3H3. The Balaban J connectivity index is 1.96. The smallest absolute Gasteiger partial charge is 0.146 e. The summed E-state index contributed by atoms with van der Waals surface area (Å²) in [6, 6.07) is 5.42. The molecule has 2 aliphatic rings. The maximum absolute atomic E-state index is 9.51. The second-order valence-electron chi connectivity index (χ2n) is 6.55. The lowest BCUT2D eigenvalue weighted by atomic mass is 9.94. The average Bonchev–Trinajstić information content (AvgIpc) is 2.50. The van der Waals surface area contributed by atoms with E-state index < -0.39 is 0 Å². The highest BCUT2D eigenvalue weighted by Crippen LogP contribution is 2.28. The van der Waals surface area contributed by atoms with Crippen LogP contribution >= 0.6 is 0 Å². The third-order valence-electron chi connectivity index (χ3n) is 5.06. The summed E-state index contributed by atoms with van der Waals surface area (Å²) in [6.45, 7) is 6.38. The molecule has 0 radical (unpaired) electrons. The molecule has 0 aromatic carbocycles. The molecule has 4 heteroatoms. The predicted molar refractivity (Wildman–Crippen MR) is 84.5 cm³/mol. The number of aromatic nitrogens is 1. The lowest BCUT2D eigenvalue weighted by molar-refractivity contribution is 0.169. The second kappa shape index (κ2) is 5.65. The van der Waals surface area contributed by atoms with Gasteiger partial charge in [0.15, 0.2) is 0 Å². The number of aryl methyl sites for hydroxylation is 2. The molecule has 4 nitrogen and oxygen atoms in total. The molecule has 1 aliphatic heterocycles. The fourth-order valence-electron chi connectivity index (χ4n) is 3.52. The van der Waals surface area contributed by atoms with Crippen molar-refractivity contribution in [3.63, 3.8) is 0 Å². The molecule has 112 valence electrons. The van der Waals surface area contributed by atoms with Crippen LogP contribution in [0, 0.1) is 11.3 Å². The summed E-state index contributed by atoms with van der Waals surface area (Å²) in [7, 11) is 2.18. The maximum Gasteiger partial charge on any atom is 0.146 e. The van der Waals surface area contributed by atoms with Crippen LogP contribution in [0.3, 0.4) is 0 Å². The average molecular weight is 284 g/mol. The Morgan fingerprint density at radius 2 is 1.86 bits per heavy atom. The Morgan fingerprint density at radius 3 is 2.52 bits per heavy atom. The largest absolute Gasteiger partial charge is 0.352 e. The van der Waals surface area contributed by atoms with Crippen LogP contribution in [0.2, 0.25) is 0 Å². The van der Waals surface area contributed by atoms with Crippen LogP contribution in [0.5, 0.6) is 0 Å². The van der Waals surface area contributed by atoms with Crippen molar-refractivity contribution in [2.45, 2.75) is 51.6 Å². The minimum atomic E-state index is 0.484. The predicted octanol–water partition coefficient (Wildman–Crippen LogP) is 2.36. The highest BCUT2D eigenvalue weighted by atomic mass is 15.3. The van der Waals surface area contributed by atoms with Crippen molar-refractivity contribution in [1.82, 2.24) is 9.88 Å². The Bertz CT molecular complexity index is 563. The molecule has 0 saturated carbocycles. The van der Waals surface area contributed by atoms with Crippen molar-refractivity contribution >= 4 is 5.82 Å². The van der Waals surface area contributed by atoms with Crippen LogP contribution < -0.4 is 4.90 Å². The molecule has 1 aromatic heterocycles. The number of anilines is 1. The Kier molecular flexibility index (Phi) is 3.86. The number of piperazine rings is 1. The van der Waals surface area contributed by atoms with Gasteiger partial charge < -0.3 is 4.90 Å². The summed E-state index contributed by atoms with van der Waals surface area (Å²) in [5.41, 5.74) is 3.26. The lowest BCUT2D eigenvalue weighted by Crippen LogP contribution is -2.55. The Labute approximate surface area is 127 Å². The number of nitrogens with zero attached hydrogens (tertiary/aromatic N) is 4. The van der Waals surface area contributed by atoms with Gasteiger partial charge in [0.1, 0.15) is 11.9 Å². The van der Waals surface area contributed by atoms with E-state index in [-0.39, 0.29) is 0 Å². The first-order valence-corrected chi connectivity index (χ1v) is 8.00. The first kappa shape index (κ1) is 14.3. The molecule has 1 aliphatic carbocycles. The summed E-state index contributed by atoms with van der Waals surface area (Å²) in [4.78, 5) is 9.60. The van der Waals surface area contributed by atoms with Crippen molar-refractivity contribution in [3.8, 4) is 6.07 Å². The Morgan fingerprint density at radius 1 is 1.19 bits per heavy atom. The van der Waals surface area contributed by atoms with Crippen LogP contribution in [0.1, 0.15) is 43.5 Å². The lowest BCUT2D eigenvalue weighted by Gasteiger charge is -2.43. The van der Waals surface area contributed by atoms with Gasteiger partial charge in [0.05, 0.1) is 5.56 Å². The van der Waals surface area contributed by atoms with E-state index in [0.29, 0.717) is 12.1 Å². The van der Waals surface area contributed by atoms with Gasteiger partial charge in [-0.3, -0.25) is 4.90 Å². The number of hydrogen-bond donors (Lipinski definition) is 0. The molecule has 2 unspecified atom stereocenters. The highest BCUT2D eigenvalue weighted by Gasteiger charge is 2.29. The number of hydrogen-bond acceptors (Lipinski definition) is 4. The van der Waals surface area contributed by atoms with Crippen molar-refractivity contribution in [2.75, 3.05) is 25.0 Å². The fourth-order valence-corrected chi connectivity index (χ4v) is 3.52. The zero-order valence-electron chi connectivity index (χ0n) is 13.3. The van der Waals surface area contributed by atoms with Crippen molar-refractivity contribution < 1.29 is 0 Å². The van der Waals surface area contributed by atoms with E-state index in [1.807, 2.05) is 0 Å².